The monoisotopic (exact) mass is 569 g/mol. The highest BCUT2D eigenvalue weighted by molar-refractivity contribution is 6.42. The number of aliphatic hydroxyl groups is 1. The maximum absolute atomic E-state index is 14.2. The van der Waals surface area contributed by atoms with E-state index in [0.29, 0.717) is 25.0 Å². The lowest BCUT2D eigenvalue weighted by molar-refractivity contribution is -0.269. The number of urea groups is 1. The van der Waals surface area contributed by atoms with Crippen molar-refractivity contribution in [2.75, 3.05) is 13.1 Å². The smallest absolute Gasteiger partial charge is 0.386 e. The molecule has 1 atom stereocenters. The van der Waals surface area contributed by atoms with Gasteiger partial charge in [-0.15, -0.1) is 0 Å². The Morgan fingerprint density at radius 3 is 2.27 bits per heavy atom. The Bertz CT molecular complexity index is 1240. The number of carbonyl (C=O) groups excluding carboxylic acids is 1. The fourth-order valence-corrected chi connectivity index (χ4v) is 4.64. The van der Waals surface area contributed by atoms with Gasteiger partial charge in [0.15, 0.2) is 0 Å². The molecule has 4 rings (SSSR count). The molecule has 0 bridgehead atoms. The third-order valence-electron chi connectivity index (χ3n) is 6.28. The first-order valence-corrected chi connectivity index (χ1v) is 11.5. The fourth-order valence-electron chi connectivity index (χ4n) is 4.20. The van der Waals surface area contributed by atoms with Gasteiger partial charge in [0.05, 0.1) is 34.4 Å². The van der Waals surface area contributed by atoms with Gasteiger partial charge in [-0.25, -0.2) is 4.79 Å². The second-order valence-corrected chi connectivity index (χ2v) is 9.71. The first kappa shape index (κ1) is 27.4. The van der Waals surface area contributed by atoms with Crippen molar-refractivity contribution in [2.45, 2.75) is 36.4 Å². The molecule has 2 aliphatic heterocycles. The van der Waals surface area contributed by atoms with Crippen molar-refractivity contribution in [1.29, 1.82) is 0 Å². The Morgan fingerprint density at radius 1 is 1.11 bits per heavy atom. The third-order valence-corrected chi connectivity index (χ3v) is 7.08. The Morgan fingerprint density at radius 2 is 1.73 bits per heavy atom. The molecule has 0 spiro atoms. The van der Waals surface area contributed by atoms with Crippen LogP contribution in [0.15, 0.2) is 42.5 Å². The van der Waals surface area contributed by atoms with Crippen LogP contribution in [0.1, 0.15) is 28.7 Å². The third kappa shape index (κ3) is 5.20. The number of alkyl halides is 6. The van der Waals surface area contributed by atoms with Crippen molar-refractivity contribution in [3.05, 3.63) is 74.8 Å². The maximum atomic E-state index is 14.2. The van der Waals surface area contributed by atoms with E-state index in [1.54, 1.807) is 12.1 Å². The molecule has 2 aromatic carbocycles. The summed E-state index contributed by atoms with van der Waals surface area (Å²) >= 11 is 11.3. The molecule has 2 aliphatic rings. The van der Waals surface area contributed by atoms with Crippen molar-refractivity contribution in [3.8, 4) is 0 Å². The number of hydroxylamine groups is 1. The number of aryl methyl sites for hydroxylation is 1. The van der Waals surface area contributed by atoms with Crippen LogP contribution in [-0.4, -0.2) is 40.9 Å². The summed E-state index contributed by atoms with van der Waals surface area (Å²) in [5.41, 5.74) is 1.45. The average molecular weight is 570 g/mol. The minimum atomic E-state index is -5.17. The number of likely N-dealkylation sites (tertiary alicyclic amines) is 1. The number of halogens is 8. The predicted octanol–water partition coefficient (Wildman–Crippen LogP) is 5.40. The Labute approximate surface area is 216 Å². The van der Waals surface area contributed by atoms with Crippen molar-refractivity contribution in [3.63, 3.8) is 0 Å². The van der Waals surface area contributed by atoms with Gasteiger partial charge in [-0.1, -0.05) is 47.5 Å². The first-order valence-electron chi connectivity index (χ1n) is 10.7. The minimum Gasteiger partial charge on any atom is -0.386 e. The largest absolute Gasteiger partial charge is 0.428 e. The van der Waals surface area contributed by atoms with E-state index in [9.17, 15) is 36.2 Å². The van der Waals surface area contributed by atoms with Crippen molar-refractivity contribution in [1.82, 2.24) is 10.4 Å². The van der Waals surface area contributed by atoms with Crippen LogP contribution in [0.4, 0.5) is 31.1 Å². The van der Waals surface area contributed by atoms with Crippen LogP contribution < -0.4 is 11.2 Å². The lowest BCUT2D eigenvalue weighted by Gasteiger charge is -2.45. The standard InChI is InChI=1S/C23H19Cl2F6N3O3/c24-16-8-14(7-15(18(16)25)22(26,27)28)21(23(29,30)31)9-17(33-37-21)13-3-1-12(2-4-13)5-6-20(36)10-34(11-20)19(32)35/h1-4,7-9,33,36H,5-6,10-11H2,(H2,32,35). The van der Waals surface area contributed by atoms with E-state index in [1.807, 2.05) is 0 Å². The Balaban J connectivity index is 1.59. The van der Waals surface area contributed by atoms with Gasteiger partial charge in [-0.05, 0) is 42.2 Å². The number of amides is 2. The molecule has 37 heavy (non-hydrogen) atoms. The topological polar surface area (TPSA) is 87.8 Å². The van der Waals surface area contributed by atoms with Gasteiger partial charge in [0, 0.05) is 5.56 Å². The zero-order valence-corrected chi connectivity index (χ0v) is 20.2. The van der Waals surface area contributed by atoms with Crippen LogP contribution in [0.2, 0.25) is 10.0 Å². The highest BCUT2D eigenvalue weighted by atomic mass is 35.5. The van der Waals surface area contributed by atoms with Crippen molar-refractivity contribution < 1.29 is 41.1 Å². The molecule has 14 heteroatoms. The highest BCUT2D eigenvalue weighted by Gasteiger charge is 2.60. The van der Waals surface area contributed by atoms with Gasteiger partial charge >= 0.3 is 18.4 Å². The quantitative estimate of drug-likeness (QED) is 0.420. The SMILES string of the molecule is NC(=O)N1CC(O)(CCc2ccc(C3=CC(c4cc(Cl)c(Cl)c(C(F)(F)F)c4)(C(F)(F)F)ON3)cc2)C1. The molecule has 2 heterocycles. The van der Waals surface area contributed by atoms with Crippen LogP contribution in [0.25, 0.3) is 5.70 Å². The van der Waals surface area contributed by atoms with Crippen molar-refractivity contribution >= 4 is 34.9 Å². The van der Waals surface area contributed by atoms with Gasteiger partial charge in [0.1, 0.15) is 5.60 Å². The number of primary amides is 1. The molecule has 0 saturated carbocycles. The summed E-state index contributed by atoms with van der Waals surface area (Å²) in [6.07, 6.45) is -8.84. The number of carbonyl (C=O) groups is 1. The van der Waals surface area contributed by atoms with Gasteiger partial charge in [0.2, 0.25) is 5.60 Å². The van der Waals surface area contributed by atoms with Gasteiger partial charge in [0.25, 0.3) is 0 Å². The van der Waals surface area contributed by atoms with Crippen LogP contribution in [0.5, 0.6) is 0 Å². The number of hydrogen-bond acceptors (Lipinski definition) is 4. The molecule has 1 saturated heterocycles. The van der Waals surface area contributed by atoms with Gasteiger partial charge in [-0.2, -0.15) is 26.3 Å². The van der Waals surface area contributed by atoms with Crippen LogP contribution in [0.3, 0.4) is 0 Å². The van der Waals surface area contributed by atoms with Crippen LogP contribution >= 0.6 is 23.2 Å². The van der Waals surface area contributed by atoms with E-state index in [2.05, 4.69) is 5.48 Å². The zero-order valence-electron chi connectivity index (χ0n) is 18.7. The Kier molecular flexibility index (Phi) is 6.85. The molecular weight excluding hydrogens is 551 g/mol. The molecule has 1 fully saturated rings. The summed E-state index contributed by atoms with van der Waals surface area (Å²) in [5.74, 6) is 0. The summed E-state index contributed by atoms with van der Waals surface area (Å²) in [5, 5.41) is 8.75. The lowest BCUT2D eigenvalue weighted by Crippen LogP contribution is -2.64. The second-order valence-electron chi connectivity index (χ2n) is 8.93. The molecule has 4 N–H and O–H groups in total. The number of hydrogen-bond donors (Lipinski definition) is 3. The molecule has 0 aliphatic carbocycles. The van der Waals surface area contributed by atoms with Gasteiger partial charge < -0.3 is 15.7 Å². The molecule has 0 aromatic heterocycles. The molecular formula is C23H19Cl2F6N3O3. The summed E-state index contributed by atoms with van der Waals surface area (Å²) in [7, 11) is 0. The molecule has 2 amide bonds. The molecule has 1 unspecified atom stereocenters. The normalized spacial score (nSPS) is 21.3. The number of nitrogens with two attached hydrogens (primary N) is 1. The number of nitrogens with one attached hydrogen (secondary N) is 1. The van der Waals surface area contributed by atoms with E-state index in [-0.39, 0.29) is 30.4 Å². The summed E-state index contributed by atoms with van der Waals surface area (Å²) < 4.78 is 82.8. The summed E-state index contributed by atoms with van der Waals surface area (Å²) in [4.78, 5) is 17.3. The Hall–Kier alpha value is -2.67. The summed E-state index contributed by atoms with van der Waals surface area (Å²) in [6.45, 7) is 0.220. The van der Waals surface area contributed by atoms with E-state index in [4.69, 9.17) is 33.8 Å². The van der Waals surface area contributed by atoms with E-state index in [1.165, 1.54) is 17.0 Å². The molecule has 6 nitrogen and oxygen atoms in total. The molecule has 200 valence electrons. The van der Waals surface area contributed by atoms with E-state index >= 15 is 0 Å². The summed E-state index contributed by atoms with van der Waals surface area (Å²) in [6, 6.07) is 6.57. The number of nitrogens with zero attached hydrogens (tertiary/aromatic N) is 1. The average Bonchev–Trinajstić information content (AvgIpc) is 3.24. The lowest BCUT2D eigenvalue weighted by atomic mass is 9.87. The maximum Gasteiger partial charge on any atom is 0.428 e. The van der Waals surface area contributed by atoms with Crippen molar-refractivity contribution in [2.24, 2.45) is 5.73 Å². The van der Waals surface area contributed by atoms with Gasteiger partial charge in [-0.3, -0.25) is 10.3 Å². The molecule has 0 radical (unpaired) electrons. The number of β-amino-alcohol motifs (C(OH)–C–C–N with tert-alkyl or cyclic N) is 1. The van der Waals surface area contributed by atoms with Crippen LogP contribution in [0, 0.1) is 0 Å². The predicted molar refractivity (Wildman–Crippen MR) is 122 cm³/mol. The zero-order chi connectivity index (χ0) is 27.4. The van der Waals surface area contributed by atoms with Crippen LogP contribution in [-0.2, 0) is 23.0 Å². The first-order chi connectivity index (χ1) is 17.0. The minimum absolute atomic E-state index is 0.110. The van der Waals surface area contributed by atoms with E-state index < -0.39 is 50.8 Å². The van der Waals surface area contributed by atoms with E-state index in [0.717, 1.165) is 5.56 Å². The highest BCUT2D eigenvalue weighted by Crippen LogP contribution is 2.50. The fraction of sp³-hybridized carbons (Fsp3) is 0.348. The molecule has 2 aromatic rings. The number of rotatable bonds is 5. The second kappa shape index (κ2) is 9.26. The number of benzene rings is 2.